The third kappa shape index (κ3) is 2.10. The first-order valence-electron chi connectivity index (χ1n) is 3.88. The molecule has 0 saturated carbocycles. The Bertz CT molecular complexity index is 148. The number of hydrogen-bond donors (Lipinski definition) is 1. The summed E-state index contributed by atoms with van der Waals surface area (Å²) in [5, 5.41) is 2.41. The zero-order valence-corrected chi connectivity index (χ0v) is 6.82. The Kier molecular flexibility index (Phi) is 2.95. The van der Waals surface area contributed by atoms with Gasteiger partial charge < -0.3 is 10.1 Å². The molecule has 1 rings (SSSR count). The lowest BCUT2D eigenvalue weighted by atomic mass is 10.0. The summed E-state index contributed by atoms with van der Waals surface area (Å²) in [6.07, 6.45) is -3.70. The lowest BCUT2D eigenvalue weighted by Gasteiger charge is -2.32. The van der Waals surface area contributed by atoms with Gasteiger partial charge in [0.2, 0.25) is 0 Å². The van der Waals surface area contributed by atoms with Crippen molar-refractivity contribution in [3.8, 4) is 0 Å². The number of hydrogen-bond acceptors (Lipinski definition) is 2. The average molecular weight is 183 g/mol. The summed E-state index contributed by atoms with van der Waals surface area (Å²) in [5.74, 6) is 0. The third-order valence-corrected chi connectivity index (χ3v) is 2.06. The Morgan fingerprint density at radius 2 is 2.08 bits per heavy atom. The topological polar surface area (TPSA) is 21.3 Å². The fraction of sp³-hybridized carbons (Fsp3) is 1.00. The van der Waals surface area contributed by atoms with Gasteiger partial charge in [0.1, 0.15) is 6.04 Å². The summed E-state index contributed by atoms with van der Waals surface area (Å²) in [7, 11) is 1.32. The van der Waals surface area contributed by atoms with Gasteiger partial charge in [0.25, 0.3) is 0 Å². The van der Waals surface area contributed by atoms with Gasteiger partial charge in [-0.2, -0.15) is 13.2 Å². The number of rotatable bonds is 1. The maximum atomic E-state index is 12.2. The molecule has 1 heterocycles. The number of halogens is 3. The first-order valence-corrected chi connectivity index (χ1v) is 3.88. The van der Waals surface area contributed by atoms with Gasteiger partial charge in [0.15, 0.2) is 0 Å². The van der Waals surface area contributed by atoms with Gasteiger partial charge in [-0.05, 0) is 19.4 Å². The Morgan fingerprint density at radius 1 is 1.42 bits per heavy atom. The fourth-order valence-electron chi connectivity index (χ4n) is 1.44. The van der Waals surface area contributed by atoms with Crippen molar-refractivity contribution < 1.29 is 17.9 Å². The predicted octanol–water partition coefficient (Wildman–Crippen LogP) is 1.32. The quantitative estimate of drug-likeness (QED) is 0.661. The van der Waals surface area contributed by atoms with E-state index in [0.29, 0.717) is 13.0 Å². The highest BCUT2D eigenvalue weighted by Gasteiger charge is 2.45. The Morgan fingerprint density at radius 3 is 2.50 bits per heavy atom. The molecule has 0 aromatic carbocycles. The van der Waals surface area contributed by atoms with Crippen molar-refractivity contribution in [2.24, 2.45) is 0 Å². The van der Waals surface area contributed by atoms with Crippen molar-refractivity contribution in [2.45, 2.75) is 31.2 Å². The van der Waals surface area contributed by atoms with E-state index in [2.05, 4.69) is 5.32 Å². The highest BCUT2D eigenvalue weighted by atomic mass is 19.4. The number of piperidine rings is 1. The lowest BCUT2D eigenvalue weighted by molar-refractivity contribution is -0.187. The van der Waals surface area contributed by atoms with E-state index in [1.807, 2.05) is 0 Å². The van der Waals surface area contributed by atoms with Crippen molar-refractivity contribution in [1.29, 1.82) is 0 Å². The lowest BCUT2D eigenvalue weighted by Crippen LogP contribution is -2.54. The summed E-state index contributed by atoms with van der Waals surface area (Å²) in [6, 6.07) is -1.49. The molecular weight excluding hydrogens is 171 g/mol. The van der Waals surface area contributed by atoms with E-state index in [1.54, 1.807) is 0 Å². The molecule has 1 aliphatic heterocycles. The molecule has 1 saturated heterocycles. The summed E-state index contributed by atoms with van der Waals surface area (Å²) in [5.41, 5.74) is 0. The van der Waals surface area contributed by atoms with Crippen LogP contribution in [0.1, 0.15) is 12.8 Å². The molecule has 0 amide bonds. The summed E-state index contributed by atoms with van der Waals surface area (Å²) in [4.78, 5) is 0. The number of nitrogens with one attached hydrogen (secondary N) is 1. The van der Waals surface area contributed by atoms with Gasteiger partial charge in [0, 0.05) is 7.11 Å². The third-order valence-electron chi connectivity index (χ3n) is 2.06. The minimum atomic E-state index is -4.19. The van der Waals surface area contributed by atoms with Gasteiger partial charge in [-0.1, -0.05) is 0 Å². The molecule has 2 atom stereocenters. The standard InChI is InChI=1S/C7H12F3NO/c1-12-5-3-2-4-11-6(5)7(8,9)10/h5-6,11H,2-4H2,1H3/t5-,6-/m1/s1. The van der Waals surface area contributed by atoms with Crippen LogP contribution in [0.15, 0.2) is 0 Å². The van der Waals surface area contributed by atoms with Crippen molar-refractivity contribution in [1.82, 2.24) is 5.32 Å². The molecular formula is C7H12F3NO. The smallest absolute Gasteiger partial charge is 0.379 e. The molecule has 0 radical (unpaired) electrons. The summed E-state index contributed by atoms with van der Waals surface area (Å²) >= 11 is 0. The maximum absolute atomic E-state index is 12.2. The van der Waals surface area contributed by atoms with Crippen LogP contribution >= 0.6 is 0 Å². The number of methoxy groups -OCH3 is 1. The number of alkyl halides is 3. The van der Waals surface area contributed by atoms with E-state index in [9.17, 15) is 13.2 Å². The average Bonchev–Trinajstić information content (AvgIpc) is 2.03. The summed E-state index contributed by atoms with van der Waals surface area (Å²) < 4.78 is 41.5. The van der Waals surface area contributed by atoms with Crippen molar-refractivity contribution in [3.05, 3.63) is 0 Å². The zero-order valence-electron chi connectivity index (χ0n) is 6.82. The van der Waals surface area contributed by atoms with E-state index in [0.717, 1.165) is 6.42 Å². The first kappa shape index (κ1) is 9.80. The van der Waals surface area contributed by atoms with Crippen molar-refractivity contribution >= 4 is 0 Å². The molecule has 1 fully saturated rings. The largest absolute Gasteiger partial charge is 0.406 e. The highest BCUT2D eigenvalue weighted by molar-refractivity contribution is 4.87. The minimum Gasteiger partial charge on any atom is -0.379 e. The predicted molar refractivity (Wildman–Crippen MR) is 37.9 cm³/mol. The molecule has 0 spiro atoms. The van der Waals surface area contributed by atoms with Gasteiger partial charge in [-0.25, -0.2) is 0 Å². The molecule has 12 heavy (non-hydrogen) atoms. The van der Waals surface area contributed by atoms with Crippen molar-refractivity contribution in [3.63, 3.8) is 0 Å². The van der Waals surface area contributed by atoms with Crippen molar-refractivity contribution in [2.75, 3.05) is 13.7 Å². The molecule has 0 aromatic heterocycles. The minimum absolute atomic E-state index is 0.421. The van der Waals surface area contributed by atoms with Crippen LogP contribution in [0.4, 0.5) is 13.2 Å². The van der Waals surface area contributed by atoms with Gasteiger partial charge in [0.05, 0.1) is 6.10 Å². The van der Waals surface area contributed by atoms with Gasteiger partial charge in [-0.3, -0.25) is 0 Å². The second-order valence-corrected chi connectivity index (χ2v) is 2.89. The van der Waals surface area contributed by atoms with Gasteiger partial charge in [-0.15, -0.1) is 0 Å². The molecule has 0 aromatic rings. The van der Waals surface area contributed by atoms with E-state index in [4.69, 9.17) is 4.74 Å². The highest BCUT2D eigenvalue weighted by Crippen LogP contribution is 2.27. The Balaban J connectivity index is 2.59. The monoisotopic (exact) mass is 183 g/mol. The Labute approximate surface area is 69.1 Å². The molecule has 1 N–H and O–H groups in total. The molecule has 72 valence electrons. The second-order valence-electron chi connectivity index (χ2n) is 2.89. The van der Waals surface area contributed by atoms with E-state index < -0.39 is 18.3 Å². The van der Waals surface area contributed by atoms with E-state index in [1.165, 1.54) is 7.11 Å². The first-order chi connectivity index (χ1) is 5.55. The fourth-order valence-corrected chi connectivity index (χ4v) is 1.44. The zero-order chi connectivity index (χ0) is 9.19. The number of ether oxygens (including phenoxy) is 1. The van der Waals surface area contributed by atoms with Crippen LogP contribution in [0.3, 0.4) is 0 Å². The van der Waals surface area contributed by atoms with Crippen LogP contribution in [0, 0.1) is 0 Å². The molecule has 0 aliphatic carbocycles. The SMILES string of the molecule is CO[C@@H]1CCCN[C@H]1C(F)(F)F. The van der Waals surface area contributed by atoms with Crippen LogP contribution in [-0.4, -0.2) is 32.0 Å². The van der Waals surface area contributed by atoms with Crippen LogP contribution in [-0.2, 0) is 4.74 Å². The Hall–Kier alpha value is -0.290. The van der Waals surface area contributed by atoms with E-state index in [-0.39, 0.29) is 0 Å². The second kappa shape index (κ2) is 3.62. The molecule has 5 heteroatoms. The molecule has 2 nitrogen and oxygen atoms in total. The molecule has 0 unspecified atom stereocenters. The molecule has 1 aliphatic rings. The normalized spacial score (nSPS) is 32.0. The maximum Gasteiger partial charge on any atom is 0.406 e. The van der Waals surface area contributed by atoms with Crippen LogP contribution < -0.4 is 5.32 Å². The van der Waals surface area contributed by atoms with Gasteiger partial charge >= 0.3 is 6.18 Å². The van der Waals surface area contributed by atoms with Crippen LogP contribution in [0.5, 0.6) is 0 Å². The van der Waals surface area contributed by atoms with Crippen LogP contribution in [0.2, 0.25) is 0 Å². The molecule has 0 bridgehead atoms. The van der Waals surface area contributed by atoms with Crippen LogP contribution in [0.25, 0.3) is 0 Å². The van der Waals surface area contributed by atoms with E-state index >= 15 is 0 Å². The summed E-state index contributed by atoms with van der Waals surface area (Å²) in [6.45, 7) is 0.421.